The highest BCUT2D eigenvalue weighted by molar-refractivity contribution is 5.77. The molecular formula is C19H29NO4. The van der Waals surface area contributed by atoms with Gasteiger partial charge in [0.25, 0.3) is 0 Å². The van der Waals surface area contributed by atoms with Crippen molar-refractivity contribution in [1.82, 2.24) is 4.90 Å². The van der Waals surface area contributed by atoms with Crippen molar-refractivity contribution in [3.8, 4) is 5.75 Å². The molecule has 0 spiro atoms. The van der Waals surface area contributed by atoms with Crippen LogP contribution in [0, 0.1) is 5.92 Å². The third kappa shape index (κ3) is 8.56. The molecule has 1 amide bonds. The van der Waals surface area contributed by atoms with Crippen LogP contribution in [0.15, 0.2) is 30.3 Å². The van der Waals surface area contributed by atoms with Crippen molar-refractivity contribution in [1.29, 1.82) is 0 Å². The second-order valence-corrected chi connectivity index (χ2v) is 6.05. The van der Waals surface area contributed by atoms with E-state index in [2.05, 4.69) is 13.8 Å². The standard InChI is InChI=1S/C19H29NO4/c1-4-23-19(22)12-13-20(15-16(2)3)18(21)11-8-14-24-17-9-6-5-7-10-17/h5-7,9-10,16H,4,8,11-15H2,1-3H3. The van der Waals surface area contributed by atoms with Crippen molar-refractivity contribution < 1.29 is 19.1 Å². The van der Waals surface area contributed by atoms with Crippen LogP contribution in [0.3, 0.4) is 0 Å². The number of esters is 1. The van der Waals surface area contributed by atoms with Gasteiger partial charge in [-0.3, -0.25) is 9.59 Å². The van der Waals surface area contributed by atoms with Crippen LogP contribution in [0.4, 0.5) is 0 Å². The summed E-state index contributed by atoms with van der Waals surface area (Å²) in [5.41, 5.74) is 0. The van der Waals surface area contributed by atoms with Crippen LogP contribution in [-0.4, -0.2) is 43.1 Å². The zero-order chi connectivity index (χ0) is 17.8. The molecule has 0 N–H and O–H groups in total. The van der Waals surface area contributed by atoms with Gasteiger partial charge in [-0.1, -0.05) is 32.0 Å². The first-order valence-electron chi connectivity index (χ1n) is 8.64. The normalized spacial score (nSPS) is 10.5. The van der Waals surface area contributed by atoms with Gasteiger partial charge in [0.1, 0.15) is 5.75 Å². The smallest absolute Gasteiger partial charge is 0.307 e. The quantitative estimate of drug-likeness (QED) is 0.460. The minimum Gasteiger partial charge on any atom is -0.494 e. The van der Waals surface area contributed by atoms with Crippen LogP contribution >= 0.6 is 0 Å². The summed E-state index contributed by atoms with van der Waals surface area (Å²) in [5.74, 6) is 0.971. The summed E-state index contributed by atoms with van der Waals surface area (Å²) in [4.78, 5) is 25.6. The Labute approximate surface area is 144 Å². The van der Waals surface area contributed by atoms with Crippen molar-refractivity contribution >= 4 is 11.9 Å². The van der Waals surface area contributed by atoms with Crippen LogP contribution in [-0.2, 0) is 14.3 Å². The minimum absolute atomic E-state index is 0.0599. The van der Waals surface area contributed by atoms with Gasteiger partial charge in [0, 0.05) is 19.5 Å². The summed E-state index contributed by atoms with van der Waals surface area (Å²) in [7, 11) is 0. The second kappa shape index (κ2) is 11.5. The third-order valence-electron chi connectivity index (χ3n) is 3.38. The monoisotopic (exact) mass is 335 g/mol. The fourth-order valence-electron chi connectivity index (χ4n) is 2.31. The van der Waals surface area contributed by atoms with Crippen molar-refractivity contribution in [2.24, 2.45) is 5.92 Å². The number of amides is 1. The van der Waals surface area contributed by atoms with Crippen LogP contribution in [0.2, 0.25) is 0 Å². The molecule has 0 aromatic heterocycles. The van der Waals surface area contributed by atoms with Crippen LogP contribution in [0.5, 0.6) is 5.75 Å². The number of ether oxygens (including phenoxy) is 2. The summed E-state index contributed by atoms with van der Waals surface area (Å²) in [6.45, 7) is 7.83. The number of carbonyl (C=O) groups excluding carboxylic acids is 2. The lowest BCUT2D eigenvalue weighted by Crippen LogP contribution is -2.36. The Hall–Kier alpha value is -2.04. The van der Waals surface area contributed by atoms with Crippen molar-refractivity contribution in [3.05, 3.63) is 30.3 Å². The molecule has 0 aliphatic carbocycles. The molecule has 0 atom stereocenters. The molecule has 0 saturated carbocycles. The van der Waals surface area contributed by atoms with Crippen LogP contribution in [0.25, 0.3) is 0 Å². The Morgan fingerprint density at radius 3 is 2.46 bits per heavy atom. The van der Waals surface area contributed by atoms with Crippen molar-refractivity contribution in [2.45, 2.75) is 40.0 Å². The molecule has 0 radical (unpaired) electrons. The summed E-state index contributed by atoms with van der Waals surface area (Å²) in [6, 6.07) is 9.56. The maximum atomic E-state index is 12.4. The first-order valence-corrected chi connectivity index (χ1v) is 8.64. The lowest BCUT2D eigenvalue weighted by atomic mass is 10.2. The second-order valence-electron chi connectivity index (χ2n) is 6.05. The molecule has 134 valence electrons. The van der Waals surface area contributed by atoms with Crippen molar-refractivity contribution in [2.75, 3.05) is 26.3 Å². The lowest BCUT2D eigenvalue weighted by molar-refractivity contribution is -0.144. The zero-order valence-electron chi connectivity index (χ0n) is 15.0. The van der Waals surface area contributed by atoms with Gasteiger partial charge >= 0.3 is 5.97 Å². The molecule has 5 nitrogen and oxygen atoms in total. The highest BCUT2D eigenvalue weighted by atomic mass is 16.5. The number of carbonyl (C=O) groups is 2. The molecule has 1 rings (SSSR count). The van der Waals surface area contributed by atoms with E-state index in [1.54, 1.807) is 11.8 Å². The molecule has 1 aromatic carbocycles. The minimum atomic E-state index is -0.258. The first kappa shape index (κ1) is 20.0. The molecule has 5 heteroatoms. The predicted octanol–water partition coefficient (Wildman–Crippen LogP) is 3.28. The molecule has 0 bridgehead atoms. The molecule has 0 saturated heterocycles. The van der Waals surface area contributed by atoms with Gasteiger partial charge in [-0.2, -0.15) is 0 Å². The SMILES string of the molecule is CCOC(=O)CCN(CC(C)C)C(=O)CCCOc1ccccc1. The highest BCUT2D eigenvalue weighted by Gasteiger charge is 2.16. The Morgan fingerprint density at radius 1 is 1.12 bits per heavy atom. The van der Waals surface area contributed by atoms with E-state index < -0.39 is 0 Å². The van der Waals surface area contributed by atoms with Gasteiger partial charge in [0.15, 0.2) is 0 Å². The number of hydrogen-bond donors (Lipinski definition) is 0. The van der Waals surface area contributed by atoms with E-state index in [0.717, 1.165) is 5.75 Å². The Bertz CT molecular complexity index is 487. The fraction of sp³-hybridized carbons (Fsp3) is 0.579. The van der Waals surface area contributed by atoms with E-state index in [1.165, 1.54) is 0 Å². The van der Waals surface area contributed by atoms with Gasteiger partial charge in [-0.05, 0) is 31.4 Å². The zero-order valence-corrected chi connectivity index (χ0v) is 15.0. The summed E-state index contributed by atoms with van der Waals surface area (Å²) in [5, 5.41) is 0. The Kier molecular flexibility index (Phi) is 9.58. The maximum absolute atomic E-state index is 12.4. The molecule has 0 aliphatic heterocycles. The lowest BCUT2D eigenvalue weighted by Gasteiger charge is -2.24. The van der Waals surface area contributed by atoms with Gasteiger partial charge in [-0.15, -0.1) is 0 Å². The van der Waals surface area contributed by atoms with Crippen LogP contribution < -0.4 is 4.74 Å². The highest BCUT2D eigenvalue weighted by Crippen LogP contribution is 2.10. The van der Waals surface area contributed by atoms with Gasteiger partial charge in [0.2, 0.25) is 5.91 Å². The van der Waals surface area contributed by atoms with E-state index in [-0.39, 0.29) is 18.3 Å². The summed E-state index contributed by atoms with van der Waals surface area (Å²) in [6.07, 6.45) is 1.32. The topological polar surface area (TPSA) is 55.8 Å². The maximum Gasteiger partial charge on any atom is 0.307 e. The van der Waals surface area contributed by atoms with Gasteiger partial charge in [0.05, 0.1) is 19.6 Å². The van der Waals surface area contributed by atoms with Crippen LogP contribution in [0.1, 0.15) is 40.0 Å². The number of para-hydroxylation sites is 1. The average Bonchev–Trinajstić information content (AvgIpc) is 2.56. The molecule has 24 heavy (non-hydrogen) atoms. The van der Waals surface area contributed by atoms with Gasteiger partial charge < -0.3 is 14.4 Å². The summed E-state index contributed by atoms with van der Waals surface area (Å²) >= 11 is 0. The number of rotatable bonds is 11. The van der Waals surface area contributed by atoms with E-state index in [0.29, 0.717) is 45.1 Å². The summed E-state index contributed by atoms with van der Waals surface area (Å²) < 4.78 is 10.5. The molecule has 0 heterocycles. The molecule has 0 unspecified atom stereocenters. The third-order valence-corrected chi connectivity index (χ3v) is 3.38. The molecule has 0 fully saturated rings. The van der Waals surface area contributed by atoms with E-state index in [1.807, 2.05) is 30.3 Å². The van der Waals surface area contributed by atoms with E-state index in [4.69, 9.17) is 9.47 Å². The Morgan fingerprint density at radius 2 is 1.83 bits per heavy atom. The van der Waals surface area contributed by atoms with E-state index >= 15 is 0 Å². The molecular weight excluding hydrogens is 306 g/mol. The molecule has 0 aliphatic rings. The largest absolute Gasteiger partial charge is 0.494 e. The number of benzene rings is 1. The predicted molar refractivity (Wildman–Crippen MR) is 93.8 cm³/mol. The number of hydrogen-bond acceptors (Lipinski definition) is 4. The van der Waals surface area contributed by atoms with Crippen molar-refractivity contribution in [3.63, 3.8) is 0 Å². The van der Waals surface area contributed by atoms with Gasteiger partial charge in [-0.25, -0.2) is 0 Å². The Balaban J connectivity index is 2.35. The number of nitrogens with zero attached hydrogens (tertiary/aromatic N) is 1. The first-order chi connectivity index (χ1) is 11.5. The average molecular weight is 335 g/mol. The van der Waals surface area contributed by atoms with E-state index in [9.17, 15) is 9.59 Å². The fourth-order valence-corrected chi connectivity index (χ4v) is 2.31. The molecule has 1 aromatic rings.